The van der Waals surface area contributed by atoms with Gasteiger partial charge in [-0.05, 0) is 79.9 Å². The number of rotatable bonds is 5. The normalized spacial score (nSPS) is 11.6. The van der Waals surface area contributed by atoms with Crippen molar-refractivity contribution in [2.24, 2.45) is 0 Å². The van der Waals surface area contributed by atoms with Crippen LogP contribution in [0.1, 0.15) is 33.4 Å². The molecule has 3 rings (SSSR count). The van der Waals surface area contributed by atoms with Gasteiger partial charge >= 0.3 is 0 Å². The molecule has 0 bridgehead atoms. The highest BCUT2D eigenvalue weighted by molar-refractivity contribution is 7.94. The van der Waals surface area contributed by atoms with E-state index in [4.69, 9.17) is 0 Å². The van der Waals surface area contributed by atoms with Gasteiger partial charge in [-0.2, -0.15) is 0 Å². The Kier molecular flexibility index (Phi) is 5.11. The van der Waals surface area contributed by atoms with Crippen molar-refractivity contribution in [2.45, 2.75) is 46.1 Å². The van der Waals surface area contributed by atoms with Crippen molar-refractivity contribution in [1.29, 1.82) is 0 Å². The summed E-state index contributed by atoms with van der Waals surface area (Å²) in [6, 6.07) is 11.5. The van der Waals surface area contributed by atoms with E-state index in [1.54, 1.807) is 16.9 Å². The number of hydrogen-bond acceptors (Lipinski definition) is 3. The van der Waals surface area contributed by atoms with Crippen molar-refractivity contribution in [3.05, 3.63) is 80.7 Å². The number of benzene rings is 2. The van der Waals surface area contributed by atoms with E-state index >= 15 is 0 Å². The summed E-state index contributed by atoms with van der Waals surface area (Å²) < 4.78 is 31.7. The Morgan fingerprint density at radius 1 is 0.852 bits per heavy atom. The van der Waals surface area contributed by atoms with Gasteiger partial charge < -0.3 is 14.5 Å². The van der Waals surface area contributed by atoms with Gasteiger partial charge in [0.25, 0.3) is 0 Å². The van der Waals surface area contributed by atoms with Crippen LogP contribution in [0.2, 0.25) is 0 Å². The van der Waals surface area contributed by atoms with E-state index in [0.717, 1.165) is 33.4 Å². The Labute approximate surface area is 161 Å². The molecule has 0 unspecified atom stereocenters. The quantitative estimate of drug-likeness (QED) is 0.632. The molecule has 1 aromatic heterocycles. The van der Waals surface area contributed by atoms with E-state index in [-0.39, 0.29) is 5.82 Å². The van der Waals surface area contributed by atoms with Crippen LogP contribution in [0.25, 0.3) is 4.72 Å². The lowest BCUT2D eigenvalue weighted by Crippen LogP contribution is -2.08. The maximum Gasteiger partial charge on any atom is 0.202 e. The van der Waals surface area contributed by atoms with Crippen molar-refractivity contribution in [3.8, 4) is 0 Å². The highest BCUT2D eigenvalue weighted by atomic mass is 32.2. The van der Waals surface area contributed by atoms with Gasteiger partial charge in [-0.3, -0.25) is 0 Å². The van der Waals surface area contributed by atoms with Crippen LogP contribution in [-0.2, 0) is 16.6 Å². The van der Waals surface area contributed by atoms with Crippen LogP contribution in [0.4, 0.5) is 5.82 Å². The summed E-state index contributed by atoms with van der Waals surface area (Å²) in [5.74, 6) is 0.195. The van der Waals surface area contributed by atoms with Gasteiger partial charge in [-0.25, -0.2) is 8.42 Å². The molecule has 2 aromatic carbocycles. The second kappa shape index (κ2) is 7.19. The molecule has 27 heavy (non-hydrogen) atoms. The molecule has 0 spiro atoms. The fourth-order valence-corrected chi connectivity index (χ4v) is 4.79. The summed E-state index contributed by atoms with van der Waals surface area (Å²) in [5.41, 5.74) is 5.69. The Hall–Kier alpha value is -2.60. The Morgan fingerprint density at radius 3 is 2.00 bits per heavy atom. The van der Waals surface area contributed by atoms with Crippen LogP contribution in [0, 0.1) is 34.6 Å². The SMILES string of the molecule is Cc1c(C)c(C)c(S(=O)(=O)[N-]c2ccn(Cc3ccccc3)n2)c(C)c1C. The van der Waals surface area contributed by atoms with E-state index in [1.165, 1.54) is 0 Å². The fraction of sp³-hybridized carbons (Fsp3) is 0.286. The number of hydrogen-bond donors (Lipinski definition) is 0. The summed E-state index contributed by atoms with van der Waals surface area (Å²) in [5, 5.41) is 4.31. The van der Waals surface area contributed by atoms with Gasteiger partial charge in [0, 0.05) is 12.7 Å². The molecular formula is C21H24N3O2S-. The zero-order chi connectivity index (χ0) is 19.8. The van der Waals surface area contributed by atoms with E-state index in [9.17, 15) is 8.42 Å². The van der Waals surface area contributed by atoms with Gasteiger partial charge in [0.2, 0.25) is 10.0 Å². The lowest BCUT2D eigenvalue weighted by Gasteiger charge is -2.21. The summed E-state index contributed by atoms with van der Waals surface area (Å²) in [4.78, 5) is 0.292. The average Bonchev–Trinajstić information content (AvgIpc) is 3.05. The van der Waals surface area contributed by atoms with Crippen molar-refractivity contribution in [2.75, 3.05) is 0 Å². The smallest absolute Gasteiger partial charge is 0.202 e. The number of nitrogens with zero attached hydrogens (tertiary/aromatic N) is 3. The fourth-order valence-electron chi connectivity index (χ4n) is 3.28. The highest BCUT2D eigenvalue weighted by Crippen LogP contribution is 2.34. The molecule has 0 fully saturated rings. The molecule has 3 aromatic rings. The lowest BCUT2D eigenvalue weighted by atomic mass is 9.95. The molecule has 0 aliphatic heterocycles. The Morgan fingerprint density at radius 2 is 1.41 bits per heavy atom. The van der Waals surface area contributed by atoms with Crippen molar-refractivity contribution >= 4 is 15.8 Å². The lowest BCUT2D eigenvalue weighted by molar-refractivity contribution is 0.601. The van der Waals surface area contributed by atoms with Gasteiger partial charge in [0.1, 0.15) is 0 Å². The standard InChI is InChI=1S/C21H24N3O2S/c1-14-15(2)17(4)21(18(5)16(14)3)27(25,26)23-20-11-12-24(22-20)13-19-9-7-6-8-10-19/h6-12H,13H2,1-5H3/q-1. The minimum Gasteiger partial charge on any atom is -0.374 e. The largest absolute Gasteiger partial charge is 0.374 e. The Bertz CT molecular complexity index is 1060. The van der Waals surface area contributed by atoms with Crippen LogP contribution in [0.3, 0.4) is 0 Å². The van der Waals surface area contributed by atoms with E-state index in [0.29, 0.717) is 11.4 Å². The summed E-state index contributed by atoms with van der Waals surface area (Å²) >= 11 is 0. The molecule has 0 amide bonds. The van der Waals surface area contributed by atoms with Gasteiger partial charge in [-0.15, -0.1) is 0 Å². The van der Waals surface area contributed by atoms with Gasteiger partial charge in [0.15, 0.2) is 0 Å². The third-order valence-corrected chi connectivity index (χ3v) is 6.77. The van der Waals surface area contributed by atoms with E-state index in [1.807, 2.05) is 65.0 Å². The monoisotopic (exact) mass is 382 g/mol. The first-order valence-corrected chi connectivity index (χ1v) is 10.3. The molecule has 0 aliphatic rings. The number of aromatic nitrogens is 2. The van der Waals surface area contributed by atoms with Crippen LogP contribution >= 0.6 is 0 Å². The summed E-state index contributed by atoms with van der Waals surface area (Å²) in [7, 11) is -3.85. The van der Waals surface area contributed by atoms with Crippen molar-refractivity contribution in [3.63, 3.8) is 0 Å². The maximum absolute atomic E-state index is 13.0. The predicted molar refractivity (Wildman–Crippen MR) is 108 cm³/mol. The second-order valence-corrected chi connectivity index (χ2v) is 8.42. The van der Waals surface area contributed by atoms with Crippen LogP contribution < -0.4 is 0 Å². The highest BCUT2D eigenvalue weighted by Gasteiger charge is 2.21. The molecule has 0 N–H and O–H groups in total. The third-order valence-electron chi connectivity index (χ3n) is 5.22. The van der Waals surface area contributed by atoms with Crippen molar-refractivity contribution in [1.82, 2.24) is 9.78 Å². The molecule has 0 saturated carbocycles. The van der Waals surface area contributed by atoms with Crippen LogP contribution in [0.5, 0.6) is 0 Å². The van der Waals surface area contributed by atoms with E-state index in [2.05, 4.69) is 9.82 Å². The molecule has 0 aliphatic carbocycles. The summed E-state index contributed by atoms with van der Waals surface area (Å²) in [6.07, 6.45) is 1.74. The zero-order valence-electron chi connectivity index (χ0n) is 16.3. The molecule has 142 valence electrons. The van der Waals surface area contributed by atoms with E-state index < -0.39 is 10.0 Å². The minimum atomic E-state index is -3.85. The first-order valence-electron chi connectivity index (χ1n) is 8.83. The molecule has 0 radical (unpaired) electrons. The molecule has 0 atom stereocenters. The molecule has 5 nitrogen and oxygen atoms in total. The Balaban J connectivity index is 1.90. The maximum atomic E-state index is 13.0. The first kappa shape index (κ1) is 19.2. The van der Waals surface area contributed by atoms with Gasteiger partial charge in [-0.1, -0.05) is 30.3 Å². The topological polar surface area (TPSA) is 66.1 Å². The summed E-state index contributed by atoms with van der Waals surface area (Å²) in [6.45, 7) is 10.2. The molecule has 6 heteroatoms. The molecule has 0 saturated heterocycles. The molecular weight excluding hydrogens is 358 g/mol. The second-order valence-electron chi connectivity index (χ2n) is 6.88. The predicted octanol–water partition coefficient (Wildman–Crippen LogP) is 4.87. The minimum absolute atomic E-state index is 0.195. The molecule has 1 heterocycles. The average molecular weight is 383 g/mol. The number of sulfonamides is 1. The first-order chi connectivity index (χ1) is 12.7. The third kappa shape index (κ3) is 3.76. The van der Waals surface area contributed by atoms with Crippen molar-refractivity contribution < 1.29 is 8.42 Å². The van der Waals surface area contributed by atoms with Crippen LogP contribution in [-0.4, -0.2) is 18.2 Å². The van der Waals surface area contributed by atoms with Gasteiger partial charge in [0.05, 0.1) is 4.90 Å². The van der Waals surface area contributed by atoms with Crippen LogP contribution in [0.15, 0.2) is 47.5 Å². The zero-order valence-corrected chi connectivity index (χ0v) is 17.1.